The van der Waals surface area contributed by atoms with Gasteiger partial charge in [0.25, 0.3) is 5.91 Å². The molecule has 4 unspecified atom stereocenters. The van der Waals surface area contributed by atoms with Gasteiger partial charge in [0.2, 0.25) is 0 Å². The lowest BCUT2D eigenvalue weighted by Gasteiger charge is -2.24. The smallest absolute Gasteiger partial charge is 0.256 e. The van der Waals surface area contributed by atoms with Gasteiger partial charge in [-0.05, 0) is 24.3 Å². The summed E-state index contributed by atoms with van der Waals surface area (Å²) in [6.07, 6.45) is 1.13. The molecular weight excluding hydrogens is 254 g/mol. The highest BCUT2D eigenvalue weighted by molar-refractivity contribution is 5.82. The molecule has 0 radical (unpaired) electrons. The van der Waals surface area contributed by atoms with E-state index in [2.05, 4.69) is 0 Å². The molecular formula is C16H21NO3. The number of benzene rings is 1. The highest BCUT2D eigenvalue weighted by Gasteiger charge is 2.44. The molecule has 4 atom stereocenters. The summed E-state index contributed by atoms with van der Waals surface area (Å²) < 4.78 is 5.41. The van der Waals surface area contributed by atoms with Crippen molar-refractivity contribution in [2.75, 3.05) is 20.2 Å². The fraction of sp³-hybridized carbons (Fsp3) is 0.562. The van der Waals surface area contributed by atoms with E-state index in [1.165, 1.54) is 0 Å². The van der Waals surface area contributed by atoms with Crippen LogP contribution >= 0.6 is 0 Å². The highest BCUT2D eigenvalue weighted by atomic mass is 16.5. The molecule has 1 N–H and O–H groups in total. The van der Waals surface area contributed by atoms with Gasteiger partial charge in [0.05, 0.1) is 6.10 Å². The van der Waals surface area contributed by atoms with Crippen LogP contribution in [0, 0.1) is 11.8 Å². The van der Waals surface area contributed by atoms with Gasteiger partial charge in [0, 0.05) is 26.1 Å². The summed E-state index contributed by atoms with van der Waals surface area (Å²) in [5, 5.41) is 9.94. The number of rotatable bonds is 3. The summed E-state index contributed by atoms with van der Waals surface area (Å²) in [5.41, 5.74) is 0.887. The molecule has 1 aromatic carbocycles. The van der Waals surface area contributed by atoms with Crippen LogP contribution in [0.4, 0.5) is 0 Å². The van der Waals surface area contributed by atoms with Crippen molar-refractivity contribution < 1.29 is 14.6 Å². The third-order valence-corrected chi connectivity index (χ3v) is 4.69. The number of hydrogen-bond donors (Lipinski definition) is 1. The molecule has 3 rings (SSSR count). The SMILES string of the molecule is COC(C(=O)N1CC2CCC(O)C2C1)c1ccccc1. The minimum Gasteiger partial charge on any atom is -0.393 e. The predicted molar refractivity (Wildman–Crippen MR) is 75.0 cm³/mol. The average molecular weight is 275 g/mol. The Morgan fingerprint density at radius 1 is 1.30 bits per heavy atom. The summed E-state index contributed by atoms with van der Waals surface area (Å²) in [4.78, 5) is 14.5. The first kappa shape index (κ1) is 13.6. The minimum absolute atomic E-state index is 0.0142. The van der Waals surface area contributed by atoms with E-state index in [0.29, 0.717) is 12.5 Å². The fourth-order valence-electron chi connectivity index (χ4n) is 3.59. The second-order valence-corrected chi connectivity index (χ2v) is 5.84. The van der Waals surface area contributed by atoms with Crippen molar-refractivity contribution in [1.29, 1.82) is 0 Å². The number of aliphatic hydroxyl groups excluding tert-OH is 1. The Morgan fingerprint density at radius 2 is 2.05 bits per heavy atom. The van der Waals surface area contributed by atoms with Crippen molar-refractivity contribution >= 4 is 5.91 Å². The first-order chi connectivity index (χ1) is 9.70. The first-order valence-electron chi connectivity index (χ1n) is 7.25. The third kappa shape index (κ3) is 2.34. The molecule has 1 saturated heterocycles. The van der Waals surface area contributed by atoms with Crippen LogP contribution < -0.4 is 0 Å². The zero-order valence-corrected chi connectivity index (χ0v) is 11.7. The summed E-state index contributed by atoms with van der Waals surface area (Å²) >= 11 is 0. The lowest BCUT2D eigenvalue weighted by atomic mass is 10.00. The standard InChI is InChI=1S/C16H21NO3/c1-20-15(11-5-3-2-4-6-11)16(19)17-9-12-7-8-14(18)13(12)10-17/h2-6,12-15,18H,7-10H2,1H3. The van der Waals surface area contributed by atoms with Gasteiger partial charge in [-0.25, -0.2) is 0 Å². The van der Waals surface area contributed by atoms with Crippen molar-refractivity contribution in [2.24, 2.45) is 11.8 Å². The Bertz CT molecular complexity index is 476. The van der Waals surface area contributed by atoms with Crippen LogP contribution in [0.15, 0.2) is 30.3 Å². The van der Waals surface area contributed by atoms with Crippen LogP contribution in [-0.2, 0) is 9.53 Å². The van der Waals surface area contributed by atoms with Gasteiger partial charge < -0.3 is 14.7 Å². The number of aliphatic hydroxyl groups is 1. The number of methoxy groups -OCH3 is 1. The lowest BCUT2D eigenvalue weighted by Crippen LogP contribution is -2.35. The molecule has 1 aliphatic carbocycles. The van der Waals surface area contributed by atoms with E-state index < -0.39 is 6.10 Å². The number of amides is 1. The molecule has 1 saturated carbocycles. The van der Waals surface area contributed by atoms with Crippen molar-refractivity contribution in [1.82, 2.24) is 4.90 Å². The van der Waals surface area contributed by atoms with Gasteiger partial charge in [-0.15, -0.1) is 0 Å². The average Bonchev–Trinajstić information content (AvgIpc) is 3.03. The van der Waals surface area contributed by atoms with Crippen LogP contribution in [-0.4, -0.2) is 42.2 Å². The molecule has 2 aliphatic rings. The predicted octanol–water partition coefficient (Wildman–Crippen LogP) is 1.60. The topological polar surface area (TPSA) is 49.8 Å². The molecule has 1 aliphatic heterocycles. The molecule has 2 fully saturated rings. The molecule has 4 nitrogen and oxygen atoms in total. The Kier molecular flexibility index (Phi) is 3.76. The van der Waals surface area contributed by atoms with Gasteiger partial charge in [-0.1, -0.05) is 30.3 Å². The largest absolute Gasteiger partial charge is 0.393 e. The number of ether oxygens (including phenoxy) is 1. The molecule has 1 aromatic rings. The quantitative estimate of drug-likeness (QED) is 0.911. The molecule has 1 heterocycles. The van der Waals surface area contributed by atoms with Gasteiger partial charge in [0.15, 0.2) is 6.10 Å². The minimum atomic E-state index is -0.535. The zero-order chi connectivity index (χ0) is 14.1. The molecule has 0 bridgehead atoms. The van der Waals surface area contributed by atoms with E-state index in [0.717, 1.165) is 24.9 Å². The molecule has 4 heteroatoms. The van der Waals surface area contributed by atoms with E-state index in [4.69, 9.17) is 4.74 Å². The molecule has 1 amide bonds. The molecule has 0 spiro atoms. The summed E-state index contributed by atoms with van der Waals surface area (Å²) in [5.74, 6) is 0.731. The monoisotopic (exact) mass is 275 g/mol. The van der Waals surface area contributed by atoms with Crippen LogP contribution in [0.5, 0.6) is 0 Å². The van der Waals surface area contributed by atoms with Gasteiger partial charge in [-0.3, -0.25) is 4.79 Å². The number of hydrogen-bond acceptors (Lipinski definition) is 3. The number of carbonyl (C=O) groups is 1. The molecule has 108 valence electrons. The van der Waals surface area contributed by atoms with Crippen molar-refractivity contribution in [3.63, 3.8) is 0 Å². The first-order valence-corrected chi connectivity index (χ1v) is 7.25. The van der Waals surface area contributed by atoms with E-state index in [9.17, 15) is 9.90 Å². The fourth-order valence-corrected chi connectivity index (χ4v) is 3.59. The van der Waals surface area contributed by atoms with E-state index in [-0.39, 0.29) is 17.9 Å². The Morgan fingerprint density at radius 3 is 2.70 bits per heavy atom. The maximum atomic E-state index is 12.6. The lowest BCUT2D eigenvalue weighted by molar-refractivity contribution is -0.141. The van der Waals surface area contributed by atoms with Crippen LogP contribution in [0.1, 0.15) is 24.5 Å². The number of likely N-dealkylation sites (tertiary alicyclic amines) is 1. The normalized spacial score (nSPS) is 30.3. The Hall–Kier alpha value is -1.39. The summed E-state index contributed by atoms with van der Waals surface area (Å²) in [6.45, 7) is 1.42. The Labute approximate surface area is 119 Å². The van der Waals surface area contributed by atoms with Crippen LogP contribution in [0.25, 0.3) is 0 Å². The van der Waals surface area contributed by atoms with E-state index in [1.54, 1.807) is 7.11 Å². The second-order valence-electron chi connectivity index (χ2n) is 5.84. The molecule has 20 heavy (non-hydrogen) atoms. The third-order valence-electron chi connectivity index (χ3n) is 4.69. The molecule has 0 aromatic heterocycles. The number of carbonyl (C=O) groups excluding carboxylic acids is 1. The maximum absolute atomic E-state index is 12.6. The van der Waals surface area contributed by atoms with Crippen LogP contribution in [0.3, 0.4) is 0 Å². The van der Waals surface area contributed by atoms with Gasteiger partial charge in [0.1, 0.15) is 0 Å². The number of nitrogens with zero attached hydrogens (tertiary/aromatic N) is 1. The second kappa shape index (κ2) is 5.54. The van der Waals surface area contributed by atoms with Crippen molar-refractivity contribution in [2.45, 2.75) is 25.0 Å². The van der Waals surface area contributed by atoms with Crippen molar-refractivity contribution in [3.05, 3.63) is 35.9 Å². The Balaban J connectivity index is 1.72. The maximum Gasteiger partial charge on any atom is 0.256 e. The number of fused-ring (bicyclic) bond motifs is 1. The zero-order valence-electron chi connectivity index (χ0n) is 11.7. The highest BCUT2D eigenvalue weighted by Crippen LogP contribution is 2.39. The van der Waals surface area contributed by atoms with Crippen molar-refractivity contribution in [3.8, 4) is 0 Å². The summed E-state index contributed by atoms with van der Waals surface area (Å²) in [7, 11) is 1.57. The van der Waals surface area contributed by atoms with Gasteiger partial charge in [-0.2, -0.15) is 0 Å². The summed E-state index contributed by atoms with van der Waals surface area (Å²) in [6, 6.07) is 9.58. The van der Waals surface area contributed by atoms with E-state index in [1.807, 2.05) is 35.2 Å². The van der Waals surface area contributed by atoms with E-state index >= 15 is 0 Å². The van der Waals surface area contributed by atoms with Gasteiger partial charge >= 0.3 is 0 Å². The van der Waals surface area contributed by atoms with Crippen LogP contribution in [0.2, 0.25) is 0 Å².